The Morgan fingerprint density at radius 2 is 2.24 bits per heavy atom. The molecule has 1 N–H and O–H groups in total. The Hall–Kier alpha value is -0.0500. The number of nitrogens with one attached hydrogen (secondary N) is 1. The highest BCUT2D eigenvalue weighted by Gasteiger charge is 2.50. The molecule has 0 spiro atoms. The van der Waals surface area contributed by atoms with E-state index < -0.39 is 0 Å². The predicted molar refractivity (Wildman–Crippen MR) is 77.8 cm³/mol. The lowest BCUT2D eigenvalue weighted by molar-refractivity contribution is 0.0495. The van der Waals surface area contributed by atoms with Crippen molar-refractivity contribution in [2.75, 3.05) is 7.05 Å². The van der Waals surface area contributed by atoms with Gasteiger partial charge in [-0.2, -0.15) is 0 Å². The molecule has 0 aliphatic heterocycles. The second-order valence-corrected chi connectivity index (χ2v) is 6.48. The van der Waals surface area contributed by atoms with Crippen molar-refractivity contribution in [3.63, 3.8) is 0 Å². The number of benzene rings is 1. The first kappa shape index (κ1) is 13.4. The molecule has 1 aromatic rings. The molecule has 0 radical (unpaired) electrons. The van der Waals surface area contributed by atoms with Crippen molar-refractivity contribution in [2.45, 2.75) is 38.6 Å². The molecule has 2 rings (SSSR count). The summed E-state index contributed by atoms with van der Waals surface area (Å²) >= 11 is 9.82. The standard InChI is InChI=1S/C14H19BrClN/c1-4-14(2)11(8-13(14)17-3)10-6-5-9(15)7-12(10)16/h5-7,11,13,17H,4,8H2,1-3H3. The SMILES string of the molecule is CCC1(C)C(NC)CC1c1ccc(Br)cc1Cl. The van der Waals surface area contributed by atoms with E-state index in [1.165, 1.54) is 18.4 Å². The molecule has 1 nitrogen and oxygen atoms in total. The Bertz CT molecular complexity index is 421. The zero-order valence-corrected chi connectivity index (χ0v) is 12.9. The van der Waals surface area contributed by atoms with Crippen molar-refractivity contribution < 1.29 is 0 Å². The molecule has 1 fully saturated rings. The Kier molecular flexibility index (Phi) is 3.86. The van der Waals surface area contributed by atoms with Crippen LogP contribution in [0.3, 0.4) is 0 Å². The van der Waals surface area contributed by atoms with Crippen LogP contribution in [0.5, 0.6) is 0 Å². The van der Waals surface area contributed by atoms with E-state index >= 15 is 0 Å². The highest BCUT2D eigenvalue weighted by atomic mass is 79.9. The fourth-order valence-electron chi connectivity index (χ4n) is 3.06. The molecule has 0 heterocycles. The van der Waals surface area contributed by atoms with Crippen molar-refractivity contribution in [1.29, 1.82) is 0 Å². The number of hydrogen-bond acceptors (Lipinski definition) is 1. The molecule has 0 bridgehead atoms. The number of halogens is 2. The molecular weight excluding hydrogens is 298 g/mol. The van der Waals surface area contributed by atoms with Gasteiger partial charge in [-0.3, -0.25) is 0 Å². The molecule has 1 aromatic carbocycles. The Balaban J connectivity index is 2.30. The third kappa shape index (κ3) is 2.16. The maximum Gasteiger partial charge on any atom is 0.0452 e. The van der Waals surface area contributed by atoms with Crippen molar-refractivity contribution in [1.82, 2.24) is 5.32 Å². The van der Waals surface area contributed by atoms with Gasteiger partial charge in [-0.1, -0.05) is 47.4 Å². The maximum atomic E-state index is 6.36. The van der Waals surface area contributed by atoms with Gasteiger partial charge in [0.25, 0.3) is 0 Å². The lowest BCUT2D eigenvalue weighted by atomic mass is 9.54. The monoisotopic (exact) mass is 315 g/mol. The summed E-state index contributed by atoms with van der Waals surface area (Å²) in [5.74, 6) is 0.575. The van der Waals surface area contributed by atoms with E-state index in [1.807, 2.05) is 6.07 Å². The molecule has 0 saturated heterocycles. The van der Waals surface area contributed by atoms with Crippen LogP contribution in [-0.4, -0.2) is 13.1 Å². The van der Waals surface area contributed by atoms with Crippen LogP contribution in [0.2, 0.25) is 5.02 Å². The predicted octanol–water partition coefficient (Wildman–Crippen LogP) is 4.59. The Morgan fingerprint density at radius 3 is 2.76 bits per heavy atom. The van der Waals surface area contributed by atoms with E-state index in [4.69, 9.17) is 11.6 Å². The van der Waals surface area contributed by atoms with E-state index in [9.17, 15) is 0 Å². The fraction of sp³-hybridized carbons (Fsp3) is 0.571. The van der Waals surface area contributed by atoms with Gasteiger partial charge >= 0.3 is 0 Å². The lowest BCUT2D eigenvalue weighted by Crippen LogP contribution is -2.55. The average Bonchev–Trinajstić information content (AvgIpc) is 2.30. The normalized spacial score (nSPS) is 32.3. The fourth-order valence-corrected chi connectivity index (χ4v) is 3.87. The van der Waals surface area contributed by atoms with Gasteiger partial charge in [0.2, 0.25) is 0 Å². The van der Waals surface area contributed by atoms with Crippen LogP contribution in [0.25, 0.3) is 0 Å². The summed E-state index contributed by atoms with van der Waals surface area (Å²) < 4.78 is 1.05. The third-order valence-electron chi connectivity index (χ3n) is 4.51. The molecule has 17 heavy (non-hydrogen) atoms. The first-order chi connectivity index (χ1) is 8.02. The van der Waals surface area contributed by atoms with Gasteiger partial charge in [0, 0.05) is 15.5 Å². The van der Waals surface area contributed by atoms with Gasteiger partial charge < -0.3 is 5.32 Å². The minimum atomic E-state index is 0.326. The van der Waals surface area contributed by atoms with Crippen molar-refractivity contribution >= 4 is 27.5 Å². The quantitative estimate of drug-likeness (QED) is 0.859. The molecular formula is C14H19BrClN. The second kappa shape index (κ2) is 4.91. The highest BCUT2D eigenvalue weighted by Crippen LogP contribution is 2.56. The van der Waals surface area contributed by atoms with E-state index in [0.29, 0.717) is 17.4 Å². The van der Waals surface area contributed by atoms with Gasteiger partial charge in [-0.25, -0.2) is 0 Å². The van der Waals surface area contributed by atoms with E-state index in [-0.39, 0.29) is 0 Å². The molecule has 3 unspecified atom stereocenters. The summed E-state index contributed by atoms with van der Waals surface area (Å²) in [7, 11) is 2.05. The van der Waals surface area contributed by atoms with Crippen LogP contribution in [-0.2, 0) is 0 Å². The van der Waals surface area contributed by atoms with E-state index in [0.717, 1.165) is 9.50 Å². The zero-order valence-electron chi connectivity index (χ0n) is 10.6. The van der Waals surface area contributed by atoms with Gasteiger partial charge in [0.1, 0.15) is 0 Å². The van der Waals surface area contributed by atoms with Crippen molar-refractivity contribution in [3.05, 3.63) is 33.3 Å². The smallest absolute Gasteiger partial charge is 0.0452 e. The van der Waals surface area contributed by atoms with Gasteiger partial charge in [0.15, 0.2) is 0 Å². The first-order valence-electron chi connectivity index (χ1n) is 6.15. The molecule has 3 heteroatoms. The third-order valence-corrected chi connectivity index (χ3v) is 5.33. The van der Waals surface area contributed by atoms with Crippen molar-refractivity contribution in [2.24, 2.45) is 5.41 Å². The number of rotatable bonds is 3. The summed E-state index contributed by atoms with van der Waals surface area (Å²) in [6, 6.07) is 6.86. The minimum Gasteiger partial charge on any atom is -0.316 e. The minimum absolute atomic E-state index is 0.326. The second-order valence-electron chi connectivity index (χ2n) is 5.15. The van der Waals surface area contributed by atoms with Gasteiger partial charge in [0.05, 0.1) is 0 Å². The molecule has 94 valence electrons. The van der Waals surface area contributed by atoms with Crippen LogP contribution >= 0.6 is 27.5 Å². The molecule has 1 aliphatic rings. The number of hydrogen-bond donors (Lipinski definition) is 1. The van der Waals surface area contributed by atoms with Crippen LogP contribution in [0.1, 0.15) is 38.2 Å². The zero-order chi connectivity index (χ0) is 12.6. The molecule has 3 atom stereocenters. The largest absolute Gasteiger partial charge is 0.316 e. The van der Waals surface area contributed by atoms with Crippen LogP contribution in [0.15, 0.2) is 22.7 Å². The maximum absolute atomic E-state index is 6.36. The topological polar surface area (TPSA) is 12.0 Å². The Morgan fingerprint density at radius 1 is 1.53 bits per heavy atom. The summed E-state index contributed by atoms with van der Waals surface area (Å²) in [4.78, 5) is 0. The average molecular weight is 317 g/mol. The highest BCUT2D eigenvalue weighted by molar-refractivity contribution is 9.10. The van der Waals surface area contributed by atoms with Crippen LogP contribution in [0, 0.1) is 5.41 Å². The first-order valence-corrected chi connectivity index (χ1v) is 7.32. The van der Waals surface area contributed by atoms with Crippen LogP contribution in [0.4, 0.5) is 0 Å². The van der Waals surface area contributed by atoms with E-state index in [1.54, 1.807) is 0 Å². The summed E-state index contributed by atoms with van der Waals surface area (Å²) in [5, 5.41) is 4.31. The summed E-state index contributed by atoms with van der Waals surface area (Å²) in [6.45, 7) is 4.63. The lowest BCUT2D eigenvalue weighted by Gasteiger charge is -2.54. The Labute approximate surface area is 117 Å². The molecule has 0 amide bonds. The summed E-state index contributed by atoms with van der Waals surface area (Å²) in [5.41, 5.74) is 1.62. The van der Waals surface area contributed by atoms with Gasteiger partial charge in [-0.15, -0.1) is 0 Å². The molecule has 0 aromatic heterocycles. The molecule has 1 aliphatic carbocycles. The summed E-state index contributed by atoms with van der Waals surface area (Å²) in [6.07, 6.45) is 2.36. The van der Waals surface area contributed by atoms with Crippen LogP contribution < -0.4 is 5.32 Å². The van der Waals surface area contributed by atoms with Crippen molar-refractivity contribution in [3.8, 4) is 0 Å². The molecule has 1 saturated carbocycles. The van der Waals surface area contributed by atoms with E-state index in [2.05, 4.69) is 54.3 Å². The van der Waals surface area contributed by atoms with Gasteiger partial charge in [-0.05, 0) is 48.9 Å².